The maximum absolute atomic E-state index is 12.0. The normalized spacial score (nSPS) is 15.1. The number of hydrogen-bond acceptors (Lipinski definition) is 3. The Morgan fingerprint density at radius 2 is 1.77 bits per heavy atom. The van der Waals surface area contributed by atoms with Crippen LogP contribution in [0.15, 0.2) is 59.7 Å². The number of nitrogens with zero attached hydrogens (tertiary/aromatic N) is 1. The highest BCUT2D eigenvalue weighted by Crippen LogP contribution is 2.17. The van der Waals surface area contributed by atoms with Gasteiger partial charge in [-0.3, -0.25) is 4.79 Å². The topological polar surface area (TPSA) is 55.1 Å². The van der Waals surface area contributed by atoms with Crippen LogP contribution in [0.3, 0.4) is 0 Å². The van der Waals surface area contributed by atoms with Gasteiger partial charge in [0.15, 0.2) is 6.54 Å². The summed E-state index contributed by atoms with van der Waals surface area (Å²) in [5, 5.41) is 4.10. The first kappa shape index (κ1) is 18.1. The third-order valence-corrected chi connectivity index (χ3v) is 4.52. The molecule has 0 aliphatic carbocycles. The molecule has 1 amide bonds. The fourth-order valence-electron chi connectivity index (χ4n) is 3.12. The molecular formula is C21H26N3O2+. The van der Waals surface area contributed by atoms with Crippen LogP contribution in [0.4, 0.5) is 0 Å². The summed E-state index contributed by atoms with van der Waals surface area (Å²) in [7, 11) is 0. The number of quaternary nitrogens is 1. The number of carbonyl (C=O) groups is 1. The van der Waals surface area contributed by atoms with E-state index in [4.69, 9.17) is 4.74 Å². The van der Waals surface area contributed by atoms with Crippen LogP contribution in [0.5, 0.6) is 5.75 Å². The number of benzene rings is 2. The second-order valence-corrected chi connectivity index (χ2v) is 6.59. The Morgan fingerprint density at radius 1 is 1.04 bits per heavy atom. The third-order valence-electron chi connectivity index (χ3n) is 4.52. The largest absolute Gasteiger partial charge is 0.488 e. The van der Waals surface area contributed by atoms with Crippen LogP contribution in [0.25, 0.3) is 0 Å². The first-order valence-electron chi connectivity index (χ1n) is 9.22. The Hall–Kier alpha value is -2.66. The summed E-state index contributed by atoms with van der Waals surface area (Å²) in [4.78, 5) is 13.4. The molecule has 0 unspecified atom stereocenters. The molecule has 1 aliphatic heterocycles. The van der Waals surface area contributed by atoms with Crippen molar-refractivity contribution in [1.29, 1.82) is 0 Å². The van der Waals surface area contributed by atoms with E-state index in [1.54, 1.807) is 6.21 Å². The van der Waals surface area contributed by atoms with E-state index in [-0.39, 0.29) is 5.91 Å². The Morgan fingerprint density at radius 3 is 2.58 bits per heavy atom. The maximum atomic E-state index is 12.0. The van der Waals surface area contributed by atoms with Gasteiger partial charge in [-0.05, 0) is 37.0 Å². The number of ether oxygens (including phenoxy) is 1. The first-order chi connectivity index (χ1) is 12.8. The lowest BCUT2D eigenvalue weighted by Crippen LogP contribution is -3.13. The average molecular weight is 352 g/mol. The fourth-order valence-corrected chi connectivity index (χ4v) is 3.12. The molecule has 0 aromatic heterocycles. The molecule has 136 valence electrons. The molecule has 2 aromatic carbocycles. The van der Waals surface area contributed by atoms with Crippen LogP contribution in [-0.4, -0.2) is 31.8 Å². The van der Waals surface area contributed by atoms with E-state index in [0.29, 0.717) is 13.2 Å². The van der Waals surface area contributed by atoms with Crippen molar-refractivity contribution >= 4 is 12.1 Å². The highest BCUT2D eigenvalue weighted by Gasteiger charge is 2.16. The number of amides is 1. The summed E-state index contributed by atoms with van der Waals surface area (Å²) in [6.45, 7) is 3.14. The number of hydrogen-bond donors (Lipinski definition) is 2. The summed E-state index contributed by atoms with van der Waals surface area (Å²) >= 11 is 0. The number of carbonyl (C=O) groups excluding carboxylic acids is 1. The van der Waals surface area contributed by atoms with E-state index in [0.717, 1.165) is 30.0 Å². The minimum absolute atomic E-state index is 0.0409. The van der Waals surface area contributed by atoms with Gasteiger partial charge >= 0.3 is 0 Å². The van der Waals surface area contributed by atoms with Crippen molar-refractivity contribution in [2.75, 3.05) is 19.6 Å². The Balaban J connectivity index is 1.52. The van der Waals surface area contributed by atoms with Crippen LogP contribution >= 0.6 is 0 Å². The van der Waals surface area contributed by atoms with Crippen molar-refractivity contribution in [2.24, 2.45) is 5.10 Å². The third kappa shape index (κ3) is 5.70. The maximum Gasteiger partial charge on any atom is 0.295 e. The number of piperidine rings is 1. The monoisotopic (exact) mass is 352 g/mol. The van der Waals surface area contributed by atoms with Gasteiger partial charge in [-0.15, -0.1) is 0 Å². The van der Waals surface area contributed by atoms with E-state index < -0.39 is 0 Å². The Labute approximate surface area is 154 Å². The lowest BCUT2D eigenvalue weighted by atomic mass is 10.1. The zero-order valence-corrected chi connectivity index (χ0v) is 15.0. The van der Waals surface area contributed by atoms with Crippen molar-refractivity contribution in [1.82, 2.24) is 5.43 Å². The summed E-state index contributed by atoms with van der Waals surface area (Å²) in [5.41, 5.74) is 4.58. The van der Waals surface area contributed by atoms with Gasteiger partial charge in [0.1, 0.15) is 12.4 Å². The molecule has 0 saturated carbocycles. The molecule has 2 aromatic rings. The highest BCUT2D eigenvalue weighted by atomic mass is 16.5. The molecule has 0 atom stereocenters. The standard InChI is InChI=1S/C21H25N3O2/c25-21(16-24-13-7-2-8-14-24)23-22-15-19-11-5-6-12-20(19)26-17-18-9-3-1-4-10-18/h1,3-6,9-12,15H,2,7-8,13-14,16-17H2,(H,23,25)/p+1. The van der Waals surface area contributed by atoms with Crippen molar-refractivity contribution in [3.05, 3.63) is 65.7 Å². The second-order valence-electron chi connectivity index (χ2n) is 6.59. The Bertz CT molecular complexity index is 725. The molecule has 2 N–H and O–H groups in total. The zero-order valence-electron chi connectivity index (χ0n) is 15.0. The van der Waals surface area contributed by atoms with Gasteiger partial charge in [-0.25, -0.2) is 5.43 Å². The summed E-state index contributed by atoms with van der Waals surface area (Å²) in [6.07, 6.45) is 5.34. The minimum Gasteiger partial charge on any atom is -0.488 e. The first-order valence-corrected chi connectivity index (χ1v) is 9.22. The van der Waals surface area contributed by atoms with E-state index >= 15 is 0 Å². The SMILES string of the molecule is O=C(C[NH+]1CCCCC1)NN=Cc1ccccc1OCc1ccccc1. The average Bonchev–Trinajstić information content (AvgIpc) is 2.69. The number of hydrazone groups is 1. The second kappa shape index (κ2) is 9.73. The zero-order chi connectivity index (χ0) is 18.0. The number of likely N-dealkylation sites (tertiary alicyclic amines) is 1. The number of para-hydroxylation sites is 1. The summed E-state index contributed by atoms with van der Waals surface area (Å²) in [5.74, 6) is 0.705. The van der Waals surface area contributed by atoms with Gasteiger partial charge in [0.05, 0.1) is 19.3 Å². The molecule has 1 heterocycles. The molecule has 26 heavy (non-hydrogen) atoms. The number of rotatable bonds is 7. The smallest absolute Gasteiger partial charge is 0.295 e. The minimum atomic E-state index is -0.0409. The molecule has 1 saturated heterocycles. The van der Waals surface area contributed by atoms with Gasteiger partial charge in [0.25, 0.3) is 5.91 Å². The van der Waals surface area contributed by atoms with Gasteiger partial charge in [-0.2, -0.15) is 5.10 Å². The van der Waals surface area contributed by atoms with Crippen LogP contribution in [-0.2, 0) is 11.4 Å². The van der Waals surface area contributed by atoms with Crippen molar-refractivity contribution in [3.63, 3.8) is 0 Å². The van der Waals surface area contributed by atoms with Gasteiger partial charge in [-0.1, -0.05) is 42.5 Å². The molecule has 0 spiro atoms. The molecule has 5 heteroatoms. The molecule has 0 bridgehead atoms. The number of nitrogens with one attached hydrogen (secondary N) is 2. The molecular weight excluding hydrogens is 326 g/mol. The quantitative estimate of drug-likeness (QED) is 0.590. The van der Waals surface area contributed by atoms with E-state index in [2.05, 4.69) is 10.5 Å². The summed E-state index contributed by atoms with van der Waals surface area (Å²) in [6, 6.07) is 17.7. The fraction of sp³-hybridized carbons (Fsp3) is 0.333. The predicted octanol–water partition coefficient (Wildman–Crippen LogP) is 1.78. The van der Waals surface area contributed by atoms with Crippen LogP contribution in [0.2, 0.25) is 0 Å². The van der Waals surface area contributed by atoms with E-state index in [1.807, 2.05) is 54.6 Å². The molecule has 1 fully saturated rings. The summed E-state index contributed by atoms with van der Waals surface area (Å²) < 4.78 is 5.89. The van der Waals surface area contributed by atoms with Crippen molar-refractivity contribution in [2.45, 2.75) is 25.9 Å². The molecule has 0 radical (unpaired) electrons. The molecule has 1 aliphatic rings. The lowest BCUT2D eigenvalue weighted by molar-refractivity contribution is -0.896. The van der Waals surface area contributed by atoms with Gasteiger partial charge in [0, 0.05) is 5.56 Å². The van der Waals surface area contributed by atoms with Crippen molar-refractivity contribution < 1.29 is 14.4 Å². The molecule has 5 nitrogen and oxygen atoms in total. The van der Waals surface area contributed by atoms with Gasteiger partial charge in [0.2, 0.25) is 0 Å². The van der Waals surface area contributed by atoms with E-state index in [9.17, 15) is 4.79 Å². The van der Waals surface area contributed by atoms with E-state index in [1.165, 1.54) is 24.2 Å². The lowest BCUT2D eigenvalue weighted by Gasteiger charge is -2.22. The van der Waals surface area contributed by atoms with Crippen LogP contribution < -0.4 is 15.1 Å². The predicted molar refractivity (Wildman–Crippen MR) is 102 cm³/mol. The van der Waals surface area contributed by atoms with Gasteiger partial charge < -0.3 is 9.64 Å². The highest BCUT2D eigenvalue weighted by molar-refractivity contribution is 5.85. The van der Waals surface area contributed by atoms with Crippen LogP contribution in [0.1, 0.15) is 30.4 Å². The Kier molecular flexibility index (Phi) is 6.79. The van der Waals surface area contributed by atoms with Crippen LogP contribution in [0, 0.1) is 0 Å². The van der Waals surface area contributed by atoms with Crippen molar-refractivity contribution in [3.8, 4) is 5.75 Å². The molecule has 3 rings (SSSR count).